The Morgan fingerprint density at radius 1 is 1.04 bits per heavy atom. The average Bonchev–Trinajstić information content (AvgIpc) is 2.62. The molecule has 3 unspecified atom stereocenters. The van der Waals surface area contributed by atoms with Crippen LogP contribution in [0.5, 0.6) is 5.75 Å². The number of aliphatic hydroxyl groups is 2. The van der Waals surface area contributed by atoms with Crippen LogP contribution in [0.15, 0.2) is 85.5 Å². The molecule has 0 saturated carbocycles. The number of hydrogen-bond donors (Lipinski definition) is 2. The number of benzene rings is 2. The molecule has 0 saturated heterocycles. The van der Waals surface area contributed by atoms with Crippen LogP contribution < -0.4 is 4.74 Å². The topological polar surface area (TPSA) is 66.8 Å². The fraction of sp³-hybridized carbons (Fsp3) is 0.190. The number of allylic oxidation sites excluding steroid dienone is 2. The van der Waals surface area contributed by atoms with Gasteiger partial charge in [0.1, 0.15) is 11.7 Å². The molecule has 3 atom stereocenters. The number of hydrogen-bond acceptors (Lipinski definition) is 4. The zero-order valence-corrected chi connectivity index (χ0v) is 13.9. The second kappa shape index (κ2) is 9.57. The van der Waals surface area contributed by atoms with E-state index in [4.69, 9.17) is 4.74 Å². The Morgan fingerprint density at radius 3 is 2.24 bits per heavy atom. The first kappa shape index (κ1) is 18.6. The largest absolute Gasteiger partial charge is 0.426 e. The van der Waals surface area contributed by atoms with Crippen molar-refractivity contribution in [2.24, 2.45) is 0 Å². The molecule has 25 heavy (non-hydrogen) atoms. The van der Waals surface area contributed by atoms with E-state index in [0.29, 0.717) is 11.3 Å². The number of aliphatic hydroxyl groups excluding tert-OH is 2. The number of para-hydroxylation sites is 1. The predicted octanol–water partition coefficient (Wildman–Crippen LogP) is 3.23. The van der Waals surface area contributed by atoms with Crippen molar-refractivity contribution in [2.45, 2.75) is 24.5 Å². The zero-order valence-electron chi connectivity index (χ0n) is 13.9. The van der Waals surface area contributed by atoms with Crippen LogP contribution in [0.3, 0.4) is 0 Å². The highest BCUT2D eigenvalue weighted by molar-refractivity contribution is 5.81. The first-order valence-corrected chi connectivity index (χ1v) is 8.09. The highest BCUT2D eigenvalue weighted by Crippen LogP contribution is 2.26. The van der Waals surface area contributed by atoms with Gasteiger partial charge in [-0.1, -0.05) is 73.3 Å². The van der Waals surface area contributed by atoms with E-state index in [9.17, 15) is 15.0 Å². The van der Waals surface area contributed by atoms with Gasteiger partial charge in [-0.3, -0.25) is 4.79 Å². The van der Waals surface area contributed by atoms with Gasteiger partial charge in [-0.2, -0.15) is 0 Å². The molecule has 0 bridgehead atoms. The lowest BCUT2D eigenvalue weighted by Gasteiger charge is -2.23. The smallest absolute Gasteiger partial charge is 0.321 e. The molecule has 0 aliphatic heterocycles. The molecule has 0 spiro atoms. The van der Waals surface area contributed by atoms with Crippen LogP contribution in [-0.4, -0.2) is 28.4 Å². The summed E-state index contributed by atoms with van der Waals surface area (Å²) in [5.74, 6) is -1.05. The first-order valence-electron chi connectivity index (χ1n) is 8.09. The van der Waals surface area contributed by atoms with E-state index in [1.54, 1.807) is 54.6 Å². The van der Waals surface area contributed by atoms with Crippen molar-refractivity contribution in [2.75, 3.05) is 0 Å². The third-order valence-electron chi connectivity index (χ3n) is 3.71. The van der Waals surface area contributed by atoms with Gasteiger partial charge in [-0.15, -0.1) is 0 Å². The van der Waals surface area contributed by atoms with Gasteiger partial charge in [0, 0.05) is 6.42 Å². The average molecular weight is 338 g/mol. The summed E-state index contributed by atoms with van der Waals surface area (Å²) in [6, 6.07) is 17.6. The fourth-order valence-electron chi connectivity index (χ4n) is 2.51. The summed E-state index contributed by atoms with van der Waals surface area (Å²) < 4.78 is 5.40. The standard InChI is InChI=1S/C21H22O4/c1-2-3-12-17(22)15-19(23)20(16-10-6-4-7-11-16)21(24)25-18-13-8-5-9-14-18/h2-14,17,19-20,22-23H,1,15H2. The third-order valence-corrected chi connectivity index (χ3v) is 3.71. The molecule has 2 aromatic rings. The number of carbonyl (C=O) groups is 1. The summed E-state index contributed by atoms with van der Waals surface area (Å²) in [5.41, 5.74) is 0.635. The Labute approximate surface area is 147 Å². The van der Waals surface area contributed by atoms with Crippen LogP contribution in [0.25, 0.3) is 0 Å². The van der Waals surface area contributed by atoms with Gasteiger partial charge in [-0.05, 0) is 17.7 Å². The highest BCUT2D eigenvalue weighted by atomic mass is 16.5. The number of rotatable bonds is 8. The molecule has 2 aromatic carbocycles. The summed E-state index contributed by atoms with van der Waals surface area (Å²) in [6.07, 6.45) is 2.67. The van der Waals surface area contributed by atoms with E-state index in [1.807, 2.05) is 12.1 Å². The van der Waals surface area contributed by atoms with E-state index >= 15 is 0 Å². The van der Waals surface area contributed by atoms with Gasteiger partial charge in [0.25, 0.3) is 0 Å². The van der Waals surface area contributed by atoms with Crippen molar-refractivity contribution >= 4 is 5.97 Å². The predicted molar refractivity (Wildman–Crippen MR) is 97.2 cm³/mol. The Balaban J connectivity index is 2.19. The van der Waals surface area contributed by atoms with Gasteiger partial charge < -0.3 is 14.9 Å². The van der Waals surface area contributed by atoms with Gasteiger partial charge in [0.05, 0.1) is 12.2 Å². The SMILES string of the molecule is C=CC=CC(O)CC(O)C(C(=O)Oc1ccccc1)c1ccccc1. The molecule has 0 aromatic heterocycles. The molecular formula is C21H22O4. The molecule has 0 aliphatic carbocycles. The minimum absolute atomic E-state index is 0.00773. The second-order valence-electron chi connectivity index (χ2n) is 5.61. The number of esters is 1. The van der Waals surface area contributed by atoms with E-state index in [2.05, 4.69) is 6.58 Å². The quantitative estimate of drug-likeness (QED) is 0.441. The van der Waals surface area contributed by atoms with Crippen LogP contribution in [0.2, 0.25) is 0 Å². The van der Waals surface area contributed by atoms with E-state index in [1.165, 1.54) is 12.2 Å². The van der Waals surface area contributed by atoms with Gasteiger partial charge in [-0.25, -0.2) is 0 Å². The Bertz CT molecular complexity index is 694. The van der Waals surface area contributed by atoms with Crippen molar-refractivity contribution in [1.29, 1.82) is 0 Å². The summed E-state index contributed by atoms with van der Waals surface area (Å²) in [7, 11) is 0. The zero-order chi connectivity index (χ0) is 18.1. The monoisotopic (exact) mass is 338 g/mol. The highest BCUT2D eigenvalue weighted by Gasteiger charge is 2.31. The molecule has 4 nitrogen and oxygen atoms in total. The number of carbonyl (C=O) groups excluding carboxylic acids is 1. The van der Waals surface area contributed by atoms with E-state index in [-0.39, 0.29) is 6.42 Å². The molecule has 0 aliphatic rings. The maximum atomic E-state index is 12.7. The molecule has 0 amide bonds. The molecule has 0 fully saturated rings. The molecule has 0 radical (unpaired) electrons. The fourth-order valence-corrected chi connectivity index (χ4v) is 2.51. The minimum Gasteiger partial charge on any atom is -0.426 e. The van der Waals surface area contributed by atoms with Crippen LogP contribution in [0.1, 0.15) is 17.9 Å². The molecule has 4 heteroatoms. The van der Waals surface area contributed by atoms with Crippen molar-refractivity contribution < 1.29 is 19.7 Å². The molecular weight excluding hydrogens is 316 g/mol. The lowest BCUT2D eigenvalue weighted by molar-refractivity contribution is -0.139. The molecule has 2 N–H and O–H groups in total. The molecule has 130 valence electrons. The molecule has 2 rings (SSSR count). The first-order chi connectivity index (χ1) is 12.1. The lowest BCUT2D eigenvalue weighted by atomic mass is 9.90. The van der Waals surface area contributed by atoms with E-state index < -0.39 is 24.1 Å². The van der Waals surface area contributed by atoms with Gasteiger partial charge >= 0.3 is 5.97 Å². The summed E-state index contributed by atoms with van der Waals surface area (Å²) in [6.45, 7) is 3.54. The van der Waals surface area contributed by atoms with Crippen molar-refractivity contribution in [1.82, 2.24) is 0 Å². The maximum absolute atomic E-state index is 12.7. The lowest BCUT2D eigenvalue weighted by Crippen LogP contribution is -2.32. The van der Waals surface area contributed by atoms with Gasteiger partial charge in [0.2, 0.25) is 0 Å². The Hall–Kier alpha value is -2.69. The summed E-state index contributed by atoms with van der Waals surface area (Å²) in [4.78, 5) is 12.7. The number of ether oxygens (including phenoxy) is 1. The van der Waals surface area contributed by atoms with Crippen molar-refractivity contribution in [3.63, 3.8) is 0 Å². The second-order valence-corrected chi connectivity index (χ2v) is 5.61. The van der Waals surface area contributed by atoms with Crippen LogP contribution >= 0.6 is 0 Å². The van der Waals surface area contributed by atoms with E-state index in [0.717, 1.165) is 0 Å². The summed E-state index contributed by atoms with van der Waals surface area (Å²) in [5, 5.41) is 20.5. The van der Waals surface area contributed by atoms with Crippen molar-refractivity contribution in [3.8, 4) is 5.75 Å². The Morgan fingerprint density at radius 2 is 1.64 bits per heavy atom. The van der Waals surface area contributed by atoms with Gasteiger partial charge in [0.15, 0.2) is 0 Å². The maximum Gasteiger partial charge on any atom is 0.321 e. The minimum atomic E-state index is -1.09. The van der Waals surface area contributed by atoms with Crippen LogP contribution in [0, 0.1) is 0 Å². The van der Waals surface area contributed by atoms with Crippen LogP contribution in [-0.2, 0) is 4.79 Å². The third kappa shape index (κ3) is 5.71. The van der Waals surface area contributed by atoms with Crippen LogP contribution in [0.4, 0.5) is 0 Å². The Kier molecular flexibility index (Phi) is 7.14. The van der Waals surface area contributed by atoms with Crippen molar-refractivity contribution in [3.05, 3.63) is 91.0 Å². The molecule has 0 heterocycles. The normalized spacial score (nSPS) is 14.6. The summed E-state index contributed by atoms with van der Waals surface area (Å²) >= 11 is 0.